The number of aryl methyl sites for hydroxylation is 2. The molecule has 0 unspecified atom stereocenters. The fourth-order valence-corrected chi connectivity index (χ4v) is 4.32. The second-order valence-electron chi connectivity index (χ2n) is 4.89. The minimum atomic E-state index is -3.45. The Bertz CT molecular complexity index is 740. The lowest BCUT2D eigenvalue weighted by Crippen LogP contribution is -2.02. The summed E-state index contributed by atoms with van der Waals surface area (Å²) in [5.74, 6) is 0. The minimum absolute atomic E-state index is 0.334. The predicted molar refractivity (Wildman–Crippen MR) is 91.0 cm³/mol. The summed E-state index contributed by atoms with van der Waals surface area (Å²) in [6.45, 7) is 3.94. The molecule has 0 atom stereocenters. The lowest BCUT2D eigenvalue weighted by molar-refractivity contribution is 0.604. The third-order valence-corrected chi connectivity index (χ3v) is 6.38. The quantitative estimate of drug-likeness (QED) is 0.836. The number of rotatable bonds is 4. The average molecular weight is 318 g/mol. The zero-order chi connectivity index (χ0) is 15.5. The summed E-state index contributed by atoms with van der Waals surface area (Å²) in [6, 6.07) is 14.7. The number of hydrogen-bond acceptors (Lipinski definition) is 3. The fourth-order valence-electron chi connectivity index (χ4n) is 1.88. The van der Waals surface area contributed by atoms with E-state index in [2.05, 4.69) is 0 Å². The van der Waals surface area contributed by atoms with Crippen molar-refractivity contribution in [3.05, 3.63) is 69.5 Å². The van der Waals surface area contributed by atoms with Crippen molar-refractivity contribution in [3.8, 4) is 0 Å². The van der Waals surface area contributed by atoms with Crippen LogP contribution in [0.3, 0.4) is 0 Å². The summed E-state index contributed by atoms with van der Waals surface area (Å²) >= 11 is 1.25. The first-order valence-electron chi connectivity index (χ1n) is 6.57. The normalized spacial score (nSPS) is 12.4. The van der Waals surface area contributed by atoms with Crippen LogP contribution < -0.4 is 0 Å². The van der Waals surface area contributed by atoms with Crippen LogP contribution in [0.4, 0.5) is 0 Å². The Kier molecular flexibility index (Phi) is 4.91. The Hall–Kier alpha value is -1.52. The highest BCUT2D eigenvalue weighted by Crippen LogP contribution is 2.29. The second-order valence-corrected chi connectivity index (χ2v) is 7.92. The van der Waals surface area contributed by atoms with E-state index in [4.69, 9.17) is 0 Å². The van der Waals surface area contributed by atoms with Crippen LogP contribution in [-0.4, -0.2) is 14.7 Å². The molecule has 2 nitrogen and oxygen atoms in total. The number of thioether (sulfide) groups is 1. The van der Waals surface area contributed by atoms with Crippen LogP contribution >= 0.6 is 11.8 Å². The number of sulfone groups is 1. The maximum Gasteiger partial charge on any atom is 0.212 e. The molecule has 0 saturated heterocycles. The summed E-state index contributed by atoms with van der Waals surface area (Å²) in [4.78, 5) is 0.334. The molecule has 0 aliphatic carbocycles. The number of hydrogen-bond donors (Lipinski definition) is 0. The Balaban J connectivity index is 2.44. The van der Waals surface area contributed by atoms with Gasteiger partial charge in [-0.3, -0.25) is 0 Å². The summed E-state index contributed by atoms with van der Waals surface area (Å²) in [5, 5.41) is 0. The maximum atomic E-state index is 12.7. The highest BCUT2D eigenvalue weighted by molar-refractivity contribution is 8.18. The van der Waals surface area contributed by atoms with Gasteiger partial charge in [-0.2, -0.15) is 0 Å². The second kappa shape index (κ2) is 6.50. The zero-order valence-corrected chi connectivity index (χ0v) is 14.0. The summed E-state index contributed by atoms with van der Waals surface area (Å²) in [7, 11) is -3.45. The standard InChI is InChI=1S/C17H18O2S2/c1-13-4-8-15(9-5-13)12-17(20-3)21(18,19)16-10-6-14(2)7-11-16/h4-12H,1-3H3. The smallest absolute Gasteiger partial charge is 0.212 e. The summed E-state index contributed by atoms with van der Waals surface area (Å²) < 4.78 is 25.7. The van der Waals surface area contributed by atoms with Crippen LogP contribution in [0, 0.1) is 13.8 Å². The van der Waals surface area contributed by atoms with Crippen LogP contribution in [0.25, 0.3) is 6.08 Å². The van der Waals surface area contributed by atoms with E-state index in [9.17, 15) is 8.42 Å². The van der Waals surface area contributed by atoms with Gasteiger partial charge in [0.2, 0.25) is 9.84 Å². The van der Waals surface area contributed by atoms with Crippen LogP contribution in [-0.2, 0) is 9.84 Å². The van der Waals surface area contributed by atoms with Crippen LogP contribution in [0.2, 0.25) is 0 Å². The van der Waals surface area contributed by atoms with E-state index in [0.29, 0.717) is 9.13 Å². The van der Waals surface area contributed by atoms with Crippen molar-refractivity contribution in [3.63, 3.8) is 0 Å². The predicted octanol–water partition coefficient (Wildman–Crippen LogP) is 4.44. The molecule has 4 heteroatoms. The molecule has 2 aromatic carbocycles. The highest BCUT2D eigenvalue weighted by atomic mass is 32.3. The molecule has 0 aliphatic heterocycles. The molecule has 21 heavy (non-hydrogen) atoms. The molecule has 0 bridgehead atoms. The largest absolute Gasteiger partial charge is 0.218 e. The molecule has 2 aromatic rings. The lowest BCUT2D eigenvalue weighted by Gasteiger charge is -2.07. The SMILES string of the molecule is CSC(=Cc1ccc(C)cc1)S(=O)(=O)c1ccc(C)cc1. The molecule has 2 rings (SSSR count). The van der Waals surface area contributed by atoms with E-state index >= 15 is 0 Å². The van der Waals surface area contributed by atoms with Gasteiger partial charge in [0.05, 0.1) is 4.90 Å². The lowest BCUT2D eigenvalue weighted by atomic mass is 10.1. The van der Waals surface area contributed by atoms with Gasteiger partial charge in [-0.1, -0.05) is 47.5 Å². The highest BCUT2D eigenvalue weighted by Gasteiger charge is 2.19. The van der Waals surface area contributed by atoms with Gasteiger partial charge >= 0.3 is 0 Å². The van der Waals surface area contributed by atoms with Crippen molar-refractivity contribution in [1.82, 2.24) is 0 Å². The van der Waals surface area contributed by atoms with Crippen LogP contribution in [0.15, 0.2) is 57.7 Å². The first-order valence-corrected chi connectivity index (χ1v) is 9.28. The van der Waals surface area contributed by atoms with E-state index in [1.807, 2.05) is 50.2 Å². The van der Waals surface area contributed by atoms with Crippen molar-refractivity contribution in [1.29, 1.82) is 0 Å². The summed E-state index contributed by atoms with van der Waals surface area (Å²) in [6.07, 6.45) is 3.51. The van der Waals surface area contributed by atoms with Crippen molar-refractivity contribution in [2.75, 3.05) is 6.26 Å². The fraction of sp³-hybridized carbons (Fsp3) is 0.176. The van der Waals surface area contributed by atoms with Gasteiger partial charge in [0.1, 0.15) is 4.24 Å². The van der Waals surface area contributed by atoms with Crippen molar-refractivity contribution < 1.29 is 8.42 Å². The maximum absolute atomic E-state index is 12.7. The molecule has 0 fully saturated rings. The van der Waals surface area contributed by atoms with Crippen molar-refractivity contribution >= 4 is 27.7 Å². The molecule has 0 aromatic heterocycles. The number of benzene rings is 2. The van der Waals surface area contributed by atoms with E-state index < -0.39 is 9.84 Å². The first-order chi connectivity index (χ1) is 9.93. The molecule has 110 valence electrons. The van der Waals surface area contributed by atoms with Gasteiger partial charge in [-0.05, 0) is 43.9 Å². The minimum Gasteiger partial charge on any atom is -0.218 e. The van der Waals surface area contributed by atoms with E-state index in [1.165, 1.54) is 11.8 Å². The van der Waals surface area contributed by atoms with Gasteiger partial charge in [0.15, 0.2) is 0 Å². The molecular formula is C17H18O2S2. The van der Waals surface area contributed by atoms with E-state index in [-0.39, 0.29) is 0 Å². The zero-order valence-electron chi connectivity index (χ0n) is 12.3. The third-order valence-electron chi connectivity index (χ3n) is 3.16. The molecular weight excluding hydrogens is 300 g/mol. The van der Waals surface area contributed by atoms with Gasteiger partial charge in [-0.25, -0.2) is 8.42 Å². The topological polar surface area (TPSA) is 34.1 Å². The molecule has 0 heterocycles. The van der Waals surface area contributed by atoms with Crippen molar-refractivity contribution in [2.24, 2.45) is 0 Å². The van der Waals surface area contributed by atoms with Crippen LogP contribution in [0.1, 0.15) is 16.7 Å². The average Bonchev–Trinajstić information content (AvgIpc) is 2.47. The Labute approximate surface area is 130 Å². The molecule has 0 spiro atoms. The Morgan fingerprint density at radius 3 is 1.86 bits per heavy atom. The van der Waals surface area contributed by atoms with Gasteiger partial charge in [0.25, 0.3) is 0 Å². The summed E-state index contributed by atoms with van der Waals surface area (Å²) in [5.41, 5.74) is 3.09. The Morgan fingerprint density at radius 2 is 1.38 bits per heavy atom. The van der Waals surface area contributed by atoms with Crippen LogP contribution in [0.5, 0.6) is 0 Å². The van der Waals surface area contributed by atoms with Gasteiger partial charge in [-0.15, -0.1) is 11.8 Å². The van der Waals surface area contributed by atoms with Gasteiger partial charge in [0, 0.05) is 0 Å². The van der Waals surface area contributed by atoms with E-state index in [1.54, 1.807) is 24.5 Å². The molecule has 0 aliphatic rings. The molecule has 0 N–H and O–H groups in total. The molecule has 0 radical (unpaired) electrons. The van der Waals surface area contributed by atoms with E-state index in [0.717, 1.165) is 16.7 Å². The Morgan fingerprint density at radius 1 is 0.905 bits per heavy atom. The van der Waals surface area contributed by atoms with Crippen molar-refractivity contribution in [2.45, 2.75) is 18.7 Å². The molecule has 0 saturated carbocycles. The first kappa shape index (κ1) is 15.9. The van der Waals surface area contributed by atoms with Gasteiger partial charge < -0.3 is 0 Å². The monoisotopic (exact) mass is 318 g/mol. The third kappa shape index (κ3) is 3.77. The molecule has 0 amide bonds.